The zero-order valence-corrected chi connectivity index (χ0v) is 10.7. The van der Waals surface area contributed by atoms with Crippen molar-refractivity contribution in [2.75, 3.05) is 5.73 Å². The number of halogens is 1. The summed E-state index contributed by atoms with van der Waals surface area (Å²) < 4.78 is 20.0. The molecule has 1 saturated carbocycles. The smallest absolute Gasteiger partial charge is 0.181 e. The molecule has 1 aliphatic carbocycles. The summed E-state index contributed by atoms with van der Waals surface area (Å²) in [5.41, 5.74) is 6.74. The zero-order valence-electron chi connectivity index (χ0n) is 10.7. The predicted molar refractivity (Wildman–Crippen MR) is 73.6 cm³/mol. The fourth-order valence-electron chi connectivity index (χ4n) is 2.67. The molecular formula is C15H17FN2O. The summed E-state index contributed by atoms with van der Waals surface area (Å²) in [6.07, 6.45) is 7.23. The third-order valence-corrected chi connectivity index (χ3v) is 3.67. The Hall–Kier alpha value is -1.84. The van der Waals surface area contributed by atoms with Crippen LogP contribution in [0.2, 0.25) is 0 Å². The largest absolute Gasteiger partial charge is 0.485 e. The third kappa shape index (κ3) is 2.35. The second-order valence-corrected chi connectivity index (χ2v) is 5.05. The number of nitrogen functional groups attached to an aromatic ring is 1. The van der Waals surface area contributed by atoms with Crippen LogP contribution < -0.4 is 10.5 Å². The summed E-state index contributed by atoms with van der Waals surface area (Å²) in [5.74, 6) is -0.175. The van der Waals surface area contributed by atoms with Crippen LogP contribution in [0.1, 0.15) is 32.1 Å². The van der Waals surface area contributed by atoms with E-state index < -0.39 is 5.82 Å². The van der Waals surface area contributed by atoms with E-state index >= 15 is 0 Å². The van der Waals surface area contributed by atoms with Crippen LogP contribution in [0.4, 0.5) is 10.1 Å². The van der Waals surface area contributed by atoms with E-state index in [1.165, 1.54) is 12.5 Å². The van der Waals surface area contributed by atoms with Crippen LogP contribution in [-0.4, -0.2) is 11.1 Å². The molecule has 2 aromatic rings. The lowest BCUT2D eigenvalue weighted by Crippen LogP contribution is -2.20. The molecule has 19 heavy (non-hydrogen) atoms. The molecule has 1 aromatic heterocycles. The second kappa shape index (κ2) is 5.03. The maximum Gasteiger partial charge on any atom is 0.181 e. The van der Waals surface area contributed by atoms with Gasteiger partial charge in [0.05, 0.1) is 6.10 Å². The van der Waals surface area contributed by atoms with Crippen molar-refractivity contribution in [1.82, 2.24) is 4.98 Å². The van der Waals surface area contributed by atoms with Crippen LogP contribution in [0.3, 0.4) is 0 Å². The first-order valence-electron chi connectivity index (χ1n) is 6.75. The molecule has 1 fully saturated rings. The molecule has 1 heterocycles. The lowest BCUT2D eigenvalue weighted by atomic mass is 9.98. The molecule has 3 rings (SSSR count). The van der Waals surface area contributed by atoms with Crippen LogP contribution in [0.15, 0.2) is 24.4 Å². The summed E-state index contributed by atoms with van der Waals surface area (Å²) in [5, 5.41) is 0.745. The fourth-order valence-corrected chi connectivity index (χ4v) is 2.67. The minimum absolute atomic E-state index is 0.0945. The van der Waals surface area contributed by atoms with Crippen molar-refractivity contribution in [1.29, 1.82) is 0 Å². The Bertz CT molecular complexity index is 594. The number of nitrogens with two attached hydrogens (primary N) is 1. The Morgan fingerprint density at radius 2 is 2.05 bits per heavy atom. The Morgan fingerprint density at radius 3 is 2.84 bits per heavy atom. The number of fused-ring (bicyclic) bond motifs is 1. The minimum atomic E-state index is -0.422. The van der Waals surface area contributed by atoms with Crippen LogP contribution >= 0.6 is 0 Å². The number of hydrogen-bond acceptors (Lipinski definition) is 3. The van der Waals surface area contributed by atoms with Gasteiger partial charge >= 0.3 is 0 Å². The van der Waals surface area contributed by atoms with Gasteiger partial charge in [0.15, 0.2) is 11.6 Å². The standard InChI is InChI=1S/C15H17FN2O/c16-12-9-13(17)11-7-4-8-18-14(11)15(12)19-10-5-2-1-3-6-10/h4,7-10H,1-3,5-6,17H2. The average Bonchev–Trinajstić information content (AvgIpc) is 2.45. The van der Waals surface area contributed by atoms with Gasteiger partial charge < -0.3 is 10.5 Å². The van der Waals surface area contributed by atoms with Crippen LogP contribution in [0, 0.1) is 5.82 Å². The molecule has 0 spiro atoms. The first-order chi connectivity index (χ1) is 9.25. The van der Waals surface area contributed by atoms with E-state index in [1.54, 1.807) is 12.3 Å². The molecule has 2 N–H and O–H groups in total. The maximum absolute atomic E-state index is 14.1. The van der Waals surface area contributed by atoms with Crippen LogP contribution in [0.5, 0.6) is 5.75 Å². The van der Waals surface area contributed by atoms with Gasteiger partial charge in [-0.3, -0.25) is 4.98 Å². The van der Waals surface area contributed by atoms with Crippen molar-refractivity contribution < 1.29 is 9.13 Å². The van der Waals surface area contributed by atoms with Crippen molar-refractivity contribution in [3.8, 4) is 5.75 Å². The van der Waals surface area contributed by atoms with Gasteiger partial charge in [0.2, 0.25) is 0 Å². The van der Waals surface area contributed by atoms with E-state index in [0.717, 1.165) is 31.1 Å². The van der Waals surface area contributed by atoms with E-state index in [-0.39, 0.29) is 11.9 Å². The Kier molecular flexibility index (Phi) is 3.23. The number of nitrogens with zero attached hydrogens (tertiary/aromatic N) is 1. The molecule has 0 saturated heterocycles. The number of aromatic nitrogens is 1. The number of ether oxygens (including phenoxy) is 1. The highest BCUT2D eigenvalue weighted by Crippen LogP contribution is 2.34. The molecule has 1 aliphatic rings. The van der Waals surface area contributed by atoms with Gasteiger partial charge in [0.25, 0.3) is 0 Å². The number of hydrogen-bond donors (Lipinski definition) is 1. The number of pyridine rings is 1. The van der Waals surface area contributed by atoms with Gasteiger partial charge in [-0.2, -0.15) is 0 Å². The predicted octanol–water partition coefficient (Wildman–Crippen LogP) is 3.67. The normalized spacial score (nSPS) is 16.7. The number of benzene rings is 1. The summed E-state index contributed by atoms with van der Waals surface area (Å²) in [6.45, 7) is 0. The summed E-state index contributed by atoms with van der Waals surface area (Å²) >= 11 is 0. The highest BCUT2D eigenvalue weighted by atomic mass is 19.1. The minimum Gasteiger partial charge on any atom is -0.485 e. The molecule has 0 unspecified atom stereocenters. The zero-order chi connectivity index (χ0) is 13.2. The highest BCUT2D eigenvalue weighted by Gasteiger charge is 2.20. The summed E-state index contributed by atoms with van der Waals surface area (Å²) in [4.78, 5) is 4.22. The Labute approximate surface area is 111 Å². The Balaban J connectivity index is 2.01. The average molecular weight is 260 g/mol. The second-order valence-electron chi connectivity index (χ2n) is 5.05. The molecule has 0 atom stereocenters. The molecule has 100 valence electrons. The van der Waals surface area contributed by atoms with Gasteiger partial charge in [-0.1, -0.05) is 6.42 Å². The van der Waals surface area contributed by atoms with Crippen LogP contribution in [0.25, 0.3) is 10.9 Å². The molecule has 0 aliphatic heterocycles. The van der Waals surface area contributed by atoms with Crippen molar-refractivity contribution in [3.63, 3.8) is 0 Å². The number of rotatable bonds is 2. The van der Waals surface area contributed by atoms with E-state index in [1.807, 2.05) is 6.07 Å². The van der Waals surface area contributed by atoms with Gasteiger partial charge in [-0.25, -0.2) is 4.39 Å². The molecule has 0 amide bonds. The van der Waals surface area contributed by atoms with E-state index in [9.17, 15) is 4.39 Å². The van der Waals surface area contributed by atoms with Gasteiger partial charge in [0, 0.05) is 23.3 Å². The summed E-state index contributed by atoms with van der Waals surface area (Å²) in [6, 6.07) is 4.95. The van der Waals surface area contributed by atoms with Gasteiger partial charge in [-0.05, 0) is 37.8 Å². The van der Waals surface area contributed by atoms with Crippen molar-refractivity contribution in [2.24, 2.45) is 0 Å². The lowest BCUT2D eigenvalue weighted by Gasteiger charge is -2.23. The quantitative estimate of drug-likeness (QED) is 0.838. The van der Waals surface area contributed by atoms with E-state index in [0.29, 0.717) is 11.2 Å². The van der Waals surface area contributed by atoms with Crippen molar-refractivity contribution in [2.45, 2.75) is 38.2 Å². The van der Waals surface area contributed by atoms with Crippen molar-refractivity contribution in [3.05, 3.63) is 30.2 Å². The van der Waals surface area contributed by atoms with E-state index in [2.05, 4.69) is 4.98 Å². The first kappa shape index (κ1) is 12.2. The maximum atomic E-state index is 14.1. The topological polar surface area (TPSA) is 48.1 Å². The van der Waals surface area contributed by atoms with Gasteiger partial charge in [0.1, 0.15) is 5.52 Å². The molecule has 0 bridgehead atoms. The third-order valence-electron chi connectivity index (χ3n) is 3.67. The number of anilines is 1. The first-order valence-corrected chi connectivity index (χ1v) is 6.75. The molecule has 1 aromatic carbocycles. The molecular weight excluding hydrogens is 243 g/mol. The molecule has 0 radical (unpaired) electrons. The monoisotopic (exact) mass is 260 g/mol. The fraction of sp³-hybridized carbons (Fsp3) is 0.400. The van der Waals surface area contributed by atoms with Crippen molar-refractivity contribution >= 4 is 16.6 Å². The van der Waals surface area contributed by atoms with Crippen LogP contribution in [-0.2, 0) is 0 Å². The molecule has 3 nitrogen and oxygen atoms in total. The Morgan fingerprint density at radius 1 is 1.26 bits per heavy atom. The van der Waals surface area contributed by atoms with Gasteiger partial charge in [-0.15, -0.1) is 0 Å². The highest BCUT2D eigenvalue weighted by molar-refractivity contribution is 5.94. The summed E-state index contributed by atoms with van der Waals surface area (Å²) in [7, 11) is 0. The lowest BCUT2D eigenvalue weighted by molar-refractivity contribution is 0.150. The molecule has 4 heteroatoms. The van der Waals surface area contributed by atoms with E-state index in [4.69, 9.17) is 10.5 Å². The SMILES string of the molecule is Nc1cc(F)c(OC2CCCCC2)c2ncccc12.